The lowest BCUT2D eigenvalue weighted by atomic mass is 10.2. The van der Waals surface area contributed by atoms with E-state index in [-0.39, 0.29) is 17.5 Å². The van der Waals surface area contributed by atoms with E-state index in [4.69, 9.17) is 0 Å². The van der Waals surface area contributed by atoms with E-state index in [1.54, 1.807) is 6.07 Å². The molecule has 0 aliphatic rings. The van der Waals surface area contributed by atoms with Crippen molar-refractivity contribution in [1.29, 1.82) is 0 Å². The molecule has 1 heterocycles. The fourth-order valence-electron chi connectivity index (χ4n) is 2.93. The number of benzene rings is 3. The highest BCUT2D eigenvalue weighted by molar-refractivity contribution is 8.00. The number of fused-ring (bicyclic) bond motifs is 1. The van der Waals surface area contributed by atoms with Crippen molar-refractivity contribution in [1.82, 2.24) is 9.97 Å². The van der Waals surface area contributed by atoms with Crippen LogP contribution in [0.2, 0.25) is 0 Å². The van der Waals surface area contributed by atoms with Gasteiger partial charge in [0.2, 0.25) is 5.91 Å². The molecule has 29 heavy (non-hydrogen) atoms. The highest BCUT2D eigenvalue weighted by Crippen LogP contribution is 2.29. The highest BCUT2D eigenvalue weighted by atomic mass is 32.2. The smallest absolute Gasteiger partial charge is 0.234 e. The van der Waals surface area contributed by atoms with E-state index < -0.39 is 0 Å². The SMILES string of the molecule is Cc1ccccc1NC(=O)CSc1nc(-c2ccccc2)nc2ccc(F)cc12. The molecular formula is C23H18FN3OS. The Bertz CT molecular complexity index is 1180. The Morgan fingerprint density at radius 3 is 2.55 bits per heavy atom. The number of nitrogens with zero attached hydrogens (tertiary/aromatic N) is 2. The Kier molecular flexibility index (Phi) is 5.53. The Hall–Kier alpha value is -3.25. The second kappa shape index (κ2) is 8.41. The molecule has 0 bridgehead atoms. The Morgan fingerprint density at radius 1 is 1.00 bits per heavy atom. The molecular weight excluding hydrogens is 385 g/mol. The number of para-hydroxylation sites is 1. The summed E-state index contributed by atoms with van der Waals surface area (Å²) in [7, 11) is 0. The fourth-order valence-corrected chi connectivity index (χ4v) is 3.74. The second-order valence-electron chi connectivity index (χ2n) is 6.53. The van der Waals surface area contributed by atoms with Gasteiger partial charge in [0.15, 0.2) is 5.82 Å². The third kappa shape index (κ3) is 4.43. The second-order valence-corrected chi connectivity index (χ2v) is 7.50. The summed E-state index contributed by atoms with van der Waals surface area (Å²) in [6.45, 7) is 1.94. The number of hydrogen-bond acceptors (Lipinski definition) is 4. The maximum Gasteiger partial charge on any atom is 0.234 e. The van der Waals surface area contributed by atoms with Crippen LogP contribution in [0.25, 0.3) is 22.3 Å². The van der Waals surface area contributed by atoms with Gasteiger partial charge in [0.05, 0.1) is 11.3 Å². The Morgan fingerprint density at radius 2 is 1.76 bits per heavy atom. The molecule has 0 aliphatic heterocycles. The average Bonchev–Trinajstić information content (AvgIpc) is 2.74. The zero-order valence-electron chi connectivity index (χ0n) is 15.7. The molecule has 0 aliphatic carbocycles. The van der Waals surface area contributed by atoms with Crippen LogP contribution in [-0.4, -0.2) is 21.6 Å². The van der Waals surface area contributed by atoms with Crippen molar-refractivity contribution in [3.8, 4) is 11.4 Å². The number of aromatic nitrogens is 2. The zero-order valence-corrected chi connectivity index (χ0v) is 16.5. The largest absolute Gasteiger partial charge is 0.325 e. The summed E-state index contributed by atoms with van der Waals surface area (Å²) in [5, 5.41) is 4.08. The van der Waals surface area contributed by atoms with Crippen LogP contribution >= 0.6 is 11.8 Å². The molecule has 1 N–H and O–H groups in total. The summed E-state index contributed by atoms with van der Waals surface area (Å²) in [6, 6.07) is 21.6. The van der Waals surface area contributed by atoms with Gasteiger partial charge in [0.1, 0.15) is 10.8 Å². The van der Waals surface area contributed by atoms with Gasteiger partial charge in [0, 0.05) is 16.6 Å². The van der Waals surface area contributed by atoms with Crippen LogP contribution in [0.3, 0.4) is 0 Å². The number of anilines is 1. The topological polar surface area (TPSA) is 54.9 Å². The molecule has 0 saturated heterocycles. The first-order chi connectivity index (χ1) is 14.1. The van der Waals surface area contributed by atoms with Gasteiger partial charge in [0.25, 0.3) is 0 Å². The van der Waals surface area contributed by atoms with Crippen LogP contribution in [0, 0.1) is 12.7 Å². The van der Waals surface area contributed by atoms with E-state index in [0.717, 1.165) is 16.8 Å². The van der Waals surface area contributed by atoms with Crippen LogP contribution in [0.5, 0.6) is 0 Å². The number of halogens is 1. The number of carbonyl (C=O) groups is 1. The average molecular weight is 403 g/mol. The summed E-state index contributed by atoms with van der Waals surface area (Å²) in [4.78, 5) is 21.6. The number of hydrogen-bond donors (Lipinski definition) is 1. The minimum atomic E-state index is -0.361. The molecule has 0 unspecified atom stereocenters. The lowest BCUT2D eigenvalue weighted by molar-refractivity contribution is -0.113. The molecule has 0 fully saturated rings. The molecule has 0 spiro atoms. The van der Waals surface area contributed by atoms with Crippen molar-refractivity contribution in [2.75, 3.05) is 11.1 Å². The van der Waals surface area contributed by atoms with E-state index in [2.05, 4.69) is 15.3 Å². The van der Waals surface area contributed by atoms with Gasteiger partial charge < -0.3 is 5.32 Å². The molecule has 0 atom stereocenters. The van der Waals surface area contributed by atoms with E-state index >= 15 is 0 Å². The van der Waals surface area contributed by atoms with Crippen LogP contribution in [-0.2, 0) is 4.79 Å². The van der Waals surface area contributed by atoms with E-state index in [1.807, 2.05) is 61.5 Å². The summed E-state index contributed by atoms with van der Waals surface area (Å²) in [5.41, 5.74) is 3.28. The molecule has 0 radical (unpaired) electrons. The number of thioether (sulfide) groups is 1. The first-order valence-electron chi connectivity index (χ1n) is 9.11. The number of nitrogens with one attached hydrogen (secondary N) is 1. The third-order valence-electron chi connectivity index (χ3n) is 4.41. The summed E-state index contributed by atoms with van der Waals surface area (Å²) in [5.74, 6) is 0.200. The Balaban J connectivity index is 1.62. The zero-order chi connectivity index (χ0) is 20.2. The Labute approximate surface area is 172 Å². The van der Waals surface area contributed by atoms with E-state index in [0.29, 0.717) is 21.8 Å². The van der Waals surface area contributed by atoms with Gasteiger partial charge in [-0.05, 0) is 36.8 Å². The summed E-state index contributed by atoms with van der Waals surface area (Å²) in [6.07, 6.45) is 0. The predicted octanol–water partition coefficient (Wildman–Crippen LogP) is 5.48. The molecule has 4 rings (SSSR count). The normalized spacial score (nSPS) is 10.8. The molecule has 3 aromatic carbocycles. The molecule has 1 aromatic heterocycles. The van der Waals surface area contributed by atoms with Crippen LogP contribution in [0.15, 0.2) is 77.8 Å². The predicted molar refractivity (Wildman–Crippen MR) is 115 cm³/mol. The summed E-state index contributed by atoms with van der Waals surface area (Å²) >= 11 is 1.27. The van der Waals surface area contributed by atoms with Crippen molar-refractivity contribution in [3.63, 3.8) is 0 Å². The molecule has 1 amide bonds. The molecule has 144 valence electrons. The number of carbonyl (C=O) groups excluding carboxylic acids is 1. The van der Waals surface area contributed by atoms with Crippen LogP contribution < -0.4 is 5.32 Å². The van der Waals surface area contributed by atoms with Crippen LogP contribution in [0.1, 0.15) is 5.56 Å². The number of amides is 1. The van der Waals surface area contributed by atoms with Crippen LogP contribution in [0.4, 0.5) is 10.1 Å². The quantitative estimate of drug-likeness (QED) is 0.354. The van der Waals surface area contributed by atoms with E-state index in [1.165, 1.54) is 23.9 Å². The van der Waals surface area contributed by atoms with Gasteiger partial charge in [-0.2, -0.15) is 0 Å². The van der Waals surface area contributed by atoms with Gasteiger partial charge in [-0.3, -0.25) is 4.79 Å². The molecule has 4 nitrogen and oxygen atoms in total. The third-order valence-corrected chi connectivity index (χ3v) is 5.41. The first kappa shape index (κ1) is 19.1. The lowest BCUT2D eigenvalue weighted by Gasteiger charge is -2.10. The van der Waals surface area contributed by atoms with Gasteiger partial charge in [-0.25, -0.2) is 14.4 Å². The minimum Gasteiger partial charge on any atom is -0.325 e. The van der Waals surface area contributed by atoms with Gasteiger partial charge in [-0.15, -0.1) is 0 Å². The molecule has 0 saturated carbocycles. The fraction of sp³-hybridized carbons (Fsp3) is 0.0870. The summed E-state index contributed by atoms with van der Waals surface area (Å²) < 4.78 is 13.8. The van der Waals surface area contributed by atoms with Gasteiger partial charge in [-0.1, -0.05) is 60.3 Å². The number of rotatable bonds is 5. The van der Waals surface area contributed by atoms with Crippen molar-refractivity contribution in [3.05, 3.63) is 84.2 Å². The van der Waals surface area contributed by atoms with Crippen molar-refractivity contribution in [2.24, 2.45) is 0 Å². The van der Waals surface area contributed by atoms with E-state index in [9.17, 15) is 9.18 Å². The highest BCUT2D eigenvalue weighted by Gasteiger charge is 2.13. The maximum atomic E-state index is 13.8. The first-order valence-corrected chi connectivity index (χ1v) is 10.1. The monoisotopic (exact) mass is 403 g/mol. The minimum absolute atomic E-state index is 0.145. The number of aryl methyl sites for hydroxylation is 1. The molecule has 4 aromatic rings. The van der Waals surface area contributed by atoms with Crippen molar-refractivity contribution in [2.45, 2.75) is 11.9 Å². The van der Waals surface area contributed by atoms with Crippen molar-refractivity contribution < 1.29 is 9.18 Å². The standard InChI is InChI=1S/C23H18FN3OS/c1-15-7-5-6-10-19(15)25-21(28)14-29-23-18-13-17(24)11-12-20(18)26-22(27-23)16-8-3-2-4-9-16/h2-13H,14H2,1H3,(H,25,28). The lowest BCUT2D eigenvalue weighted by Crippen LogP contribution is -2.15. The van der Waals surface area contributed by atoms with Gasteiger partial charge >= 0.3 is 0 Å². The maximum absolute atomic E-state index is 13.8. The van der Waals surface area contributed by atoms with Crippen molar-refractivity contribution >= 4 is 34.3 Å². The molecule has 6 heteroatoms.